The Hall–Kier alpha value is -1.46. The molecule has 1 aliphatic heterocycles. The van der Waals surface area contributed by atoms with E-state index in [9.17, 15) is 13.2 Å². The number of benzene rings is 1. The Morgan fingerprint density at radius 1 is 1.27 bits per heavy atom. The SMILES string of the molecule is C=C1CN(S(=O)(=O)c2ccc(C)cc2)[C@@H]2CCCC(=O)[C@]12C. The van der Waals surface area contributed by atoms with Crippen LogP contribution < -0.4 is 0 Å². The van der Waals surface area contributed by atoms with E-state index in [1.807, 2.05) is 13.8 Å². The lowest BCUT2D eigenvalue weighted by atomic mass is 9.69. The van der Waals surface area contributed by atoms with E-state index < -0.39 is 15.4 Å². The van der Waals surface area contributed by atoms with E-state index >= 15 is 0 Å². The standard InChI is InChI=1S/C17H21NO3S/c1-12-7-9-14(10-8-12)22(20,21)18-11-13(2)17(3)15(18)5-4-6-16(17)19/h7-10,15H,2,4-6,11H2,1,3H3/t15-,17-/m1/s1. The van der Waals surface area contributed by atoms with Crippen LogP contribution in [0, 0.1) is 12.3 Å². The summed E-state index contributed by atoms with van der Waals surface area (Å²) < 4.78 is 27.4. The molecular formula is C17H21NO3S. The second-order valence-electron chi connectivity index (χ2n) is 6.50. The molecule has 1 heterocycles. The summed E-state index contributed by atoms with van der Waals surface area (Å²) in [6.45, 7) is 8.02. The summed E-state index contributed by atoms with van der Waals surface area (Å²) in [6, 6.07) is 6.56. The number of carbonyl (C=O) groups excluding carboxylic acids is 1. The van der Waals surface area contributed by atoms with E-state index in [2.05, 4.69) is 6.58 Å². The van der Waals surface area contributed by atoms with Crippen molar-refractivity contribution in [2.24, 2.45) is 5.41 Å². The average molecular weight is 319 g/mol. The van der Waals surface area contributed by atoms with Gasteiger partial charge in [0.25, 0.3) is 0 Å². The molecule has 1 aliphatic carbocycles. The maximum atomic E-state index is 13.0. The Balaban J connectivity index is 2.03. The number of hydrogen-bond acceptors (Lipinski definition) is 3. The molecule has 0 spiro atoms. The van der Waals surface area contributed by atoms with Crippen molar-refractivity contribution in [3.05, 3.63) is 42.0 Å². The smallest absolute Gasteiger partial charge is 0.243 e. The van der Waals surface area contributed by atoms with Gasteiger partial charge < -0.3 is 0 Å². The molecule has 1 saturated heterocycles. The molecule has 0 aromatic heterocycles. The largest absolute Gasteiger partial charge is 0.299 e. The molecule has 0 unspecified atom stereocenters. The minimum absolute atomic E-state index is 0.121. The Morgan fingerprint density at radius 2 is 1.91 bits per heavy atom. The Morgan fingerprint density at radius 3 is 2.55 bits per heavy atom. The third kappa shape index (κ3) is 2.07. The van der Waals surface area contributed by atoms with Gasteiger partial charge in [-0.05, 0) is 44.4 Å². The first kappa shape index (κ1) is 15.4. The molecule has 0 bridgehead atoms. The number of nitrogens with zero attached hydrogens (tertiary/aromatic N) is 1. The van der Waals surface area contributed by atoms with Gasteiger partial charge in [-0.25, -0.2) is 8.42 Å². The molecule has 2 atom stereocenters. The number of ketones is 1. The number of fused-ring (bicyclic) bond motifs is 1. The monoisotopic (exact) mass is 319 g/mol. The fourth-order valence-electron chi connectivity index (χ4n) is 3.62. The second kappa shape index (κ2) is 5.03. The number of rotatable bonds is 2. The van der Waals surface area contributed by atoms with E-state index in [-0.39, 0.29) is 23.3 Å². The minimum atomic E-state index is -3.60. The Kier molecular flexibility index (Phi) is 3.53. The van der Waals surface area contributed by atoms with Crippen molar-refractivity contribution in [1.82, 2.24) is 4.31 Å². The fraction of sp³-hybridized carbons (Fsp3) is 0.471. The van der Waals surface area contributed by atoms with Crippen molar-refractivity contribution in [3.8, 4) is 0 Å². The van der Waals surface area contributed by atoms with Crippen LogP contribution in [0.25, 0.3) is 0 Å². The van der Waals surface area contributed by atoms with Crippen LogP contribution in [0.3, 0.4) is 0 Å². The van der Waals surface area contributed by atoms with Gasteiger partial charge in [0, 0.05) is 19.0 Å². The van der Waals surface area contributed by atoms with Gasteiger partial charge >= 0.3 is 0 Å². The highest BCUT2D eigenvalue weighted by molar-refractivity contribution is 7.89. The van der Waals surface area contributed by atoms with Gasteiger partial charge in [-0.1, -0.05) is 24.3 Å². The van der Waals surface area contributed by atoms with Crippen molar-refractivity contribution >= 4 is 15.8 Å². The van der Waals surface area contributed by atoms with Gasteiger partial charge in [0.05, 0.1) is 10.3 Å². The molecule has 2 fully saturated rings. The number of carbonyl (C=O) groups is 1. The predicted molar refractivity (Wildman–Crippen MR) is 85.0 cm³/mol. The zero-order valence-electron chi connectivity index (χ0n) is 13.0. The quantitative estimate of drug-likeness (QED) is 0.788. The van der Waals surface area contributed by atoms with Crippen molar-refractivity contribution < 1.29 is 13.2 Å². The van der Waals surface area contributed by atoms with E-state index in [1.54, 1.807) is 24.3 Å². The lowest BCUT2D eigenvalue weighted by Crippen LogP contribution is -2.47. The topological polar surface area (TPSA) is 54.5 Å². The van der Waals surface area contributed by atoms with Gasteiger partial charge in [-0.15, -0.1) is 0 Å². The fourth-order valence-corrected chi connectivity index (χ4v) is 5.34. The lowest BCUT2D eigenvalue weighted by molar-refractivity contribution is -0.129. The van der Waals surface area contributed by atoms with Crippen LogP contribution in [0.4, 0.5) is 0 Å². The highest BCUT2D eigenvalue weighted by atomic mass is 32.2. The second-order valence-corrected chi connectivity index (χ2v) is 8.39. The molecule has 0 N–H and O–H groups in total. The first-order chi connectivity index (χ1) is 10.3. The van der Waals surface area contributed by atoms with Crippen LogP contribution in [0.2, 0.25) is 0 Å². The maximum Gasteiger partial charge on any atom is 0.243 e. The average Bonchev–Trinajstić information content (AvgIpc) is 2.75. The van der Waals surface area contributed by atoms with Gasteiger partial charge in [-0.2, -0.15) is 4.31 Å². The van der Waals surface area contributed by atoms with Crippen molar-refractivity contribution in [2.45, 2.75) is 44.0 Å². The molecule has 4 nitrogen and oxygen atoms in total. The first-order valence-electron chi connectivity index (χ1n) is 7.58. The number of aryl methyl sites for hydroxylation is 1. The third-order valence-electron chi connectivity index (χ3n) is 5.18. The number of sulfonamides is 1. The van der Waals surface area contributed by atoms with E-state index in [4.69, 9.17) is 0 Å². The molecule has 118 valence electrons. The van der Waals surface area contributed by atoms with Gasteiger partial charge in [0.1, 0.15) is 5.78 Å². The predicted octanol–water partition coefficient (Wildman–Crippen LogP) is 2.68. The summed E-state index contributed by atoms with van der Waals surface area (Å²) >= 11 is 0. The maximum absolute atomic E-state index is 13.0. The van der Waals surface area contributed by atoms with E-state index in [0.717, 1.165) is 17.6 Å². The van der Waals surface area contributed by atoms with Crippen LogP contribution in [-0.2, 0) is 14.8 Å². The van der Waals surface area contributed by atoms with Gasteiger partial charge in [0.2, 0.25) is 10.0 Å². The summed E-state index contributed by atoms with van der Waals surface area (Å²) in [5.41, 5.74) is 1.01. The van der Waals surface area contributed by atoms with E-state index in [1.165, 1.54) is 4.31 Å². The molecule has 0 amide bonds. The molecule has 1 aromatic rings. The van der Waals surface area contributed by atoms with Crippen LogP contribution in [0.1, 0.15) is 31.7 Å². The van der Waals surface area contributed by atoms with Crippen LogP contribution in [-0.4, -0.2) is 31.1 Å². The van der Waals surface area contributed by atoms with Crippen LogP contribution in [0.5, 0.6) is 0 Å². The first-order valence-corrected chi connectivity index (χ1v) is 9.02. The van der Waals surface area contributed by atoms with Gasteiger partial charge in [0.15, 0.2) is 0 Å². The number of hydrogen-bond donors (Lipinski definition) is 0. The summed E-state index contributed by atoms with van der Waals surface area (Å²) in [5.74, 6) is 0.121. The van der Waals surface area contributed by atoms with Gasteiger partial charge in [-0.3, -0.25) is 4.79 Å². The molecule has 0 radical (unpaired) electrons. The normalized spacial score (nSPS) is 29.6. The zero-order chi connectivity index (χ0) is 16.1. The highest BCUT2D eigenvalue weighted by Gasteiger charge is 2.56. The highest BCUT2D eigenvalue weighted by Crippen LogP contribution is 2.48. The lowest BCUT2D eigenvalue weighted by Gasteiger charge is -2.37. The van der Waals surface area contributed by atoms with Crippen LogP contribution in [0.15, 0.2) is 41.3 Å². The summed E-state index contributed by atoms with van der Waals surface area (Å²) in [4.78, 5) is 12.7. The van der Waals surface area contributed by atoms with Crippen molar-refractivity contribution in [2.75, 3.05) is 6.54 Å². The summed E-state index contributed by atoms with van der Waals surface area (Å²) in [6.07, 6.45) is 1.98. The molecule has 1 aromatic carbocycles. The Bertz CT molecular complexity index is 736. The zero-order valence-corrected chi connectivity index (χ0v) is 13.8. The summed E-state index contributed by atoms with van der Waals surface area (Å²) in [7, 11) is -3.60. The molecule has 1 saturated carbocycles. The molecule has 3 rings (SSSR count). The molecular weight excluding hydrogens is 298 g/mol. The van der Waals surface area contributed by atoms with E-state index in [0.29, 0.717) is 12.8 Å². The number of Topliss-reactive ketones (excluding diaryl/α,β-unsaturated/α-hetero) is 1. The van der Waals surface area contributed by atoms with Crippen LogP contribution >= 0.6 is 0 Å². The Labute approximate surface area is 131 Å². The third-order valence-corrected chi connectivity index (χ3v) is 7.05. The minimum Gasteiger partial charge on any atom is -0.299 e. The summed E-state index contributed by atoms with van der Waals surface area (Å²) in [5, 5.41) is 0. The molecule has 5 heteroatoms. The van der Waals surface area contributed by atoms with Crippen molar-refractivity contribution in [1.29, 1.82) is 0 Å². The molecule has 22 heavy (non-hydrogen) atoms. The van der Waals surface area contributed by atoms with Crippen molar-refractivity contribution in [3.63, 3.8) is 0 Å². The molecule has 2 aliphatic rings.